The molecule has 2 atom stereocenters. The number of carboxylic acid groups (broad SMARTS) is 1. The molecular formula is C20H19N8O5S2+. The molecule has 3 aromatic heterocycles. The van der Waals surface area contributed by atoms with Gasteiger partial charge in [-0.05, 0) is 6.07 Å². The summed E-state index contributed by atoms with van der Waals surface area (Å²) in [5, 5.41) is 21.8. The number of anilines is 1. The third kappa shape index (κ3) is 3.97. The van der Waals surface area contributed by atoms with E-state index < -0.39 is 29.2 Å². The third-order valence-corrected chi connectivity index (χ3v) is 7.50. The minimum atomic E-state index is -1.22. The van der Waals surface area contributed by atoms with Crippen molar-refractivity contribution in [1.82, 2.24) is 25.0 Å². The van der Waals surface area contributed by atoms with Gasteiger partial charge < -0.3 is 21.0 Å². The van der Waals surface area contributed by atoms with Crippen LogP contribution in [-0.4, -0.2) is 72.5 Å². The number of thiazole rings is 1. The number of aromatic nitrogens is 4. The molecule has 1 saturated heterocycles. The Morgan fingerprint density at radius 2 is 2.26 bits per heavy atom. The number of nitrogens with two attached hydrogens (primary N) is 1. The van der Waals surface area contributed by atoms with Crippen molar-refractivity contribution in [1.29, 1.82) is 0 Å². The van der Waals surface area contributed by atoms with Gasteiger partial charge in [-0.2, -0.15) is 0 Å². The number of rotatable bonds is 7. The standard InChI is InChI=1S/C20H18N8O5S2/c1-33-25-13(11-8-35-20(21)23-11)16(29)24-14-17(30)28-15(19(31)32)10(7-34-18(14)28)6-27-12-4-2-3-5-26(12)9-22-27/h2-5,8-9,14,18H,6-7H2,1H3,(H3-,21,23,24,29,31,32)/p+1/t14-,18+/m1/s1. The number of nitrogens with one attached hydrogen (secondary N) is 1. The fraction of sp³-hybridized carbons (Fsp3) is 0.250. The van der Waals surface area contributed by atoms with Crippen molar-refractivity contribution in [3.63, 3.8) is 0 Å². The van der Waals surface area contributed by atoms with Crippen molar-refractivity contribution in [3.05, 3.63) is 53.1 Å². The van der Waals surface area contributed by atoms with E-state index in [0.717, 1.165) is 17.0 Å². The number of β-lactam (4-membered cyclic amide) rings is 1. The van der Waals surface area contributed by atoms with Crippen LogP contribution in [0.3, 0.4) is 0 Å². The fourth-order valence-electron chi connectivity index (χ4n) is 3.95. The lowest BCUT2D eigenvalue weighted by Crippen LogP contribution is -2.71. The molecule has 0 bridgehead atoms. The third-order valence-electron chi connectivity index (χ3n) is 5.49. The lowest BCUT2D eigenvalue weighted by atomic mass is 10.0. The van der Waals surface area contributed by atoms with Gasteiger partial charge >= 0.3 is 5.97 Å². The number of carboxylic acids is 1. The zero-order valence-corrected chi connectivity index (χ0v) is 19.8. The van der Waals surface area contributed by atoms with Gasteiger partial charge in [-0.15, -0.1) is 27.8 Å². The number of nitrogen functional groups attached to an aromatic ring is 1. The Labute approximate surface area is 205 Å². The molecule has 35 heavy (non-hydrogen) atoms. The largest absolute Gasteiger partial charge is 0.477 e. The van der Waals surface area contributed by atoms with Gasteiger partial charge in [0.2, 0.25) is 0 Å². The van der Waals surface area contributed by atoms with Crippen LogP contribution in [0.15, 0.2) is 52.5 Å². The van der Waals surface area contributed by atoms with Gasteiger partial charge in [0.1, 0.15) is 36.5 Å². The number of oxime groups is 1. The van der Waals surface area contributed by atoms with Crippen LogP contribution in [0.2, 0.25) is 0 Å². The lowest BCUT2D eigenvalue weighted by Gasteiger charge is -2.49. The molecule has 0 aromatic carbocycles. The maximum Gasteiger partial charge on any atom is 0.352 e. The molecule has 13 nitrogen and oxygen atoms in total. The quantitative estimate of drug-likeness (QED) is 0.162. The van der Waals surface area contributed by atoms with Crippen molar-refractivity contribution in [2.75, 3.05) is 18.6 Å². The second kappa shape index (κ2) is 8.99. The van der Waals surface area contributed by atoms with Crippen molar-refractivity contribution in [2.24, 2.45) is 5.16 Å². The normalized spacial score (nSPS) is 20.0. The van der Waals surface area contributed by atoms with Crippen LogP contribution in [0, 0.1) is 0 Å². The zero-order valence-electron chi connectivity index (χ0n) is 18.2. The second-order valence-corrected chi connectivity index (χ2v) is 9.56. The number of hydrogen-bond acceptors (Lipinski definition) is 10. The highest BCUT2D eigenvalue weighted by molar-refractivity contribution is 8.00. The van der Waals surface area contributed by atoms with E-state index in [2.05, 4.69) is 20.6 Å². The molecule has 15 heteroatoms. The Balaban J connectivity index is 1.37. The predicted molar refractivity (Wildman–Crippen MR) is 125 cm³/mol. The first kappa shape index (κ1) is 22.8. The maximum atomic E-state index is 13.0. The summed E-state index contributed by atoms with van der Waals surface area (Å²) < 4.78 is 3.49. The molecule has 5 rings (SSSR count). The molecule has 5 heterocycles. The van der Waals surface area contributed by atoms with Crippen molar-refractivity contribution < 1.29 is 28.7 Å². The van der Waals surface area contributed by atoms with Crippen LogP contribution < -0.4 is 15.5 Å². The van der Waals surface area contributed by atoms with Crippen LogP contribution in [0.4, 0.5) is 5.13 Å². The van der Waals surface area contributed by atoms with Crippen LogP contribution in [-0.2, 0) is 25.8 Å². The Hall–Kier alpha value is -3.98. The summed E-state index contributed by atoms with van der Waals surface area (Å²) in [4.78, 5) is 48.0. The van der Waals surface area contributed by atoms with E-state index in [1.807, 2.05) is 28.8 Å². The van der Waals surface area contributed by atoms with Crippen LogP contribution in [0.1, 0.15) is 5.69 Å². The number of nitrogens with zero attached hydrogens (tertiary/aromatic N) is 6. The summed E-state index contributed by atoms with van der Waals surface area (Å²) >= 11 is 2.49. The molecule has 1 fully saturated rings. The summed E-state index contributed by atoms with van der Waals surface area (Å²) in [5.74, 6) is -2.07. The number of amides is 2. The number of carbonyl (C=O) groups excluding carboxylic acids is 2. The van der Waals surface area contributed by atoms with E-state index in [4.69, 9.17) is 10.6 Å². The average molecular weight is 516 g/mol. The highest BCUT2D eigenvalue weighted by Crippen LogP contribution is 2.40. The van der Waals surface area contributed by atoms with E-state index in [-0.39, 0.29) is 28.8 Å². The van der Waals surface area contributed by atoms with Gasteiger partial charge in [0.15, 0.2) is 10.8 Å². The summed E-state index contributed by atoms with van der Waals surface area (Å²) in [5.41, 5.74) is 6.96. The molecule has 180 valence electrons. The van der Waals surface area contributed by atoms with E-state index in [0.29, 0.717) is 11.3 Å². The number of pyridine rings is 1. The first-order valence-electron chi connectivity index (χ1n) is 10.2. The fourth-order valence-corrected chi connectivity index (χ4v) is 5.83. The molecule has 0 radical (unpaired) electrons. The van der Waals surface area contributed by atoms with Gasteiger partial charge in [0.05, 0.1) is 6.20 Å². The van der Waals surface area contributed by atoms with Crippen molar-refractivity contribution in [3.8, 4) is 0 Å². The Bertz CT molecular complexity index is 1410. The first-order chi connectivity index (χ1) is 16.9. The van der Waals surface area contributed by atoms with Gasteiger partial charge in [-0.1, -0.05) is 11.2 Å². The van der Waals surface area contributed by atoms with Crippen LogP contribution in [0.5, 0.6) is 0 Å². The van der Waals surface area contributed by atoms with Crippen LogP contribution in [0.25, 0.3) is 5.65 Å². The Kier molecular flexibility index (Phi) is 5.86. The smallest absolute Gasteiger partial charge is 0.352 e. The number of aliphatic carboxylic acids is 1. The SMILES string of the molecule is CON=C(C(=O)N[C@@H]1C(=O)N2C(C(=O)O)=C(Cn3nc[n+]4ccccc34)CS[C@@H]12)c1csc(N)n1. The summed E-state index contributed by atoms with van der Waals surface area (Å²) in [6, 6.07) is 4.66. The van der Waals surface area contributed by atoms with Crippen LogP contribution >= 0.6 is 23.1 Å². The van der Waals surface area contributed by atoms with E-state index >= 15 is 0 Å². The van der Waals surface area contributed by atoms with Gasteiger partial charge in [0, 0.05) is 27.9 Å². The highest BCUT2D eigenvalue weighted by atomic mass is 32.2. The average Bonchev–Trinajstić information content (AvgIpc) is 3.46. The Morgan fingerprint density at radius 3 is 2.97 bits per heavy atom. The zero-order chi connectivity index (χ0) is 24.7. The molecule has 0 aliphatic carbocycles. The number of fused-ring (bicyclic) bond motifs is 2. The Morgan fingerprint density at radius 1 is 1.43 bits per heavy atom. The van der Waals surface area contributed by atoms with Gasteiger partial charge in [-0.25, -0.2) is 14.2 Å². The summed E-state index contributed by atoms with van der Waals surface area (Å²) in [7, 11) is 1.28. The molecule has 0 unspecified atom stereocenters. The molecular weight excluding hydrogens is 496 g/mol. The van der Waals surface area contributed by atoms with E-state index in [1.54, 1.807) is 16.4 Å². The number of carbonyl (C=O) groups is 3. The molecule has 2 amide bonds. The molecule has 0 saturated carbocycles. The number of hydrogen-bond donors (Lipinski definition) is 3. The molecule has 0 spiro atoms. The summed E-state index contributed by atoms with van der Waals surface area (Å²) in [6.45, 7) is 0.207. The number of thioether (sulfide) groups is 1. The molecule has 2 aliphatic rings. The van der Waals surface area contributed by atoms with Crippen molar-refractivity contribution >= 4 is 57.4 Å². The maximum absolute atomic E-state index is 13.0. The molecule has 2 aliphatic heterocycles. The topological polar surface area (TPSA) is 169 Å². The summed E-state index contributed by atoms with van der Waals surface area (Å²) in [6.07, 6.45) is 3.47. The van der Waals surface area contributed by atoms with Gasteiger partial charge in [-0.3, -0.25) is 14.5 Å². The van der Waals surface area contributed by atoms with E-state index in [1.165, 1.54) is 23.8 Å². The van der Waals surface area contributed by atoms with E-state index in [9.17, 15) is 19.5 Å². The highest BCUT2D eigenvalue weighted by Gasteiger charge is 2.54. The van der Waals surface area contributed by atoms with Gasteiger partial charge in [0.25, 0.3) is 23.8 Å². The first-order valence-corrected chi connectivity index (χ1v) is 12.2. The second-order valence-electron chi connectivity index (χ2n) is 7.57. The minimum absolute atomic E-state index is 0.0908. The molecule has 3 aromatic rings. The van der Waals surface area contributed by atoms with Crippen molar-refractivity contribution in [2.45, 2.75) is 18.0 Å². The predicted octanol–water partition coefficient (Wildman–Crippen LogP) is -0.550. The monoisotopic (exact) mass is 515 g/mol. The molecule has 4 N–H and O–H groups in total. The minimum Gasteiger partial charge on any atom is -0.477 e. The lowest BCUT2D eigenvalue weighted by molar-refractivity contribution is -0.512.